The third-order valence-corrected chi connectivity index (χ3v) is 2.79. The molecule has 1 aliphatic heterocycles. The molecule has 1 atom stereocenters. The summed E-state index contributed by atoms with van der Waals surface area (Å²) in [4.78, 5) is 8.69. The lowest BCUT2D eigenvalue weighted by molar-refractivity contribution is 0.115. The van der Waals surface area contributed by atoms with Gasteiger partial charge in [-0.15, -0.1) is 0 Å². The molecular weight excluding hydrogens is 228 g/mol. The van der Waals surface area contributed by atoms with E-state index in [1.807, 2.05) is 44.2 Å². The van der Waals surface area contributed by atoms with Crippen LogP contribution in [0.1, 0.15) is 17.2 Å². The second-order valence-corrected chi connectivity index (χ2v) is 4.43. The summed E-state index contributed by atoms with van der Waals surface area (Å²) in [6, 6.07) is 9.49. The van der Waals surface area contributed by atoms with Crippen molar-refractivity contribution < 1.29 is 4.74 Å². The van der Waals surface area contributed by atoms with Gasteiger partial charge in [0.2, 0.25) is 5.82 Å². The number of para-hydroxylation sites is 2. The molecule has 3 rings (SSSR count). The summed E-state index contributed by atoms with van der Waals surface area (Å²) < 4.78 is 5.73. The molecule has 2 aromatic rings. The SMILES string of the molecule is Cc1cc(C)nc(C2(N)Nc3ccccc3O2)n1. The number of hydrogen-bond donors (Lipinski definition) is 2. The average Bonchev–Trinajstić information content (AvgIpc) is 2.65. The lowest BCUT2D eigenvalue weighted by Crippen LogP contribution is -2.48. The van der Waals surface area contributed by atoms with Crippen molar-refractivity contribution >= 4 is 5.69 Å². The molecule has 1 aromatic heterocycles. The van der Waals surface area contributed by atoms with Crippen LogP contribution in [-0.4, -0.2) is 9.97 Å². The summed E-state index contributed by atoms with van der Waals surface area (Å²) in [6.07, 6.45) is 0. The van der Waals surface area contributed by atoms with Crippen molar-refractivity contribution in [3.8, 4) is 5.75 Å². The van der Waals surface area contributed by atoms with Crippen molar-refractivity contribution in [2.75, 3.05) is 5.32 Å². The molecule has 2 heterocycles. The number of aryl methyl sites for hydroxylation is 2. The Labute approximate surface area is 105 Å². The van der Waals surface area contributed by atoms with Gasteiger partial charge in [0.25, 0.3) is 5.85 Å². The first-order chi connectivity index (χ1) is 8.57. The molecule has 0 saturated carbocycles. The maximum Gasteiger partial charge on any atom is 0.298 e. The fourth-order valence-corrected chi connectivity index (χ4v) is 2.05. The van der Waals surface area contributed by atoms with E-state index in [0.717, 1.165) is 17.1 Å². The average molecular weight is 242 g/mol. The molecule has 0 bridgehead atoms. The Morgan fingerprint density at radius 2 is 1.83 bits per heavy atom. The number of hydrogen-bond acceptors (Lipinski definition) is 5. The van der Waals surface area contributed by atoms with E-state index in [1.54, 1.807) is 0 Å². The van der Waals surface area contributed by atoms with E-state index in [1.165, 1.54) is 0 Å². The van der Waals surface area contributed by atoms with Gasteiger partial charge in [-0.2, -0.15) is 0 Å². The Hall–Kier alpha value is -2.14. The quantitative estimate of drug-likeness (QED) is 0.795. The van der Waals surface area contributed by atoms with Gasteiger partial charge in [0.05, 0.1) is 5.69 Å². The predicted octanol–water partition coefficient (Wildman–Crippen LogP) is 1.67. The molecular formula is C13H14N4O. The summed E-state index contributed by atoms with van der Waals surface area (Å²) in [5.41, 5.74) is 8.79. The highest BCUT2D eigenvalue weighted by molar-refractivity contribution is 5.61. The Morgan fingerprint density at radius 3 is 2.50 bits per heavy atom. The van der Waals surface area contributed by atoms with Crippen molar-refractivity contribution in [3.63, 3.8) is 0 Å². The van der Waals surface area contributed by atoms with Gasteiger partial charge in [-0.1, -0.05) is 12.1 Å². The number of ether oxygens (including phenoxy) is 1. The van der Waals surface area contributed by atoms with Gasteiger partial charge in [0.1, 0.15) is 5.75 Å². The first-order valence-corrected chi connectivity index (χ1v) is 5.75. The highest BCUT2D eigenvalue weighted by atomic mass is 16.5. The summed E-state index contributed by atoms with van der Waals surface area (Å²) in [7, 11) is 0. The molecule has 1 aromatic carbocycles. The van der Waals surface area contributed by atoms with Crippen LogP contribution in [0.2, 0.25) is 0 Å². The third-order valence-electron chi connectivity index (χ3n) is 2.79. The number of aromatic nitrogens is 2. The smallest absolute Gasteiger partial charge is 0.298 e. The summed E-state index contributed by atoms with van der Waals surface area (Å²) in [6.45, 7) is 3.81. The normalized spacial score (nSPS) is 21.1. The molecule has 0 saturated heterocycles. The molecule has 1 unspecified atom stereocenters. The lowest BCUT2D eigenvalue weighted by atomic mass is 10.3. The highest BCUT2D eigenvalue weighted by Crippen LogP contribution is 2.37. The summed E-state index contributed by atoms with van der Waals surface area (Å²) in [5.74, 6) is -0.0422. The lowest BCUT2D eigenvalue weighted by Gasteiger charge is -2.22. The Bertz CT molecular complexity index is 566. The second-order valence-electron chi connectivity index (χ2n) is 4.43. The summed E-state index contributed by atoms with van der Waals surface area (Å²) >= 11 is 0. The van der Waals surface area contributed by atoms with Crippen molar-refractivity contribution in [3.05, 3.63) is 47.5 Å². The third kappa shape index (κ3) is 1.69. The van der Waals surface area contributed by atoms with E-state index < -0.39 is 5.85 Å². The van der Waals surface area contributed by atoms with Crippen LogP contribution in [0.3, 0.4) is 0 Å². The largest absolute Gasteiger partial charge is 0.446 e. The van der Waals surface area contributed by atoms with Gasteiger partial charge in [0, 0.05) is 11.4 Å². The second kappa shape index (κ2) is 3.68. The summed E-state index contributed by atoms with van der Waals surface area (Å²) in [5, 5.41) is 3.11. The van der Waals surface area contributed by atoms with Crippen LogP contribution in [0, 0.1) is 13.8 Å². The molecule has 3 N–H and O–H groups in total. The molecule has 0 aliphatic carbocycles. The maximum atomic E-state index is 6.21. The zero-order valence-electron chi connectivity index (χ0n) is 10.3. The van der Waals surface area contributed by atoms with Crippen LogP contribution in [0.4, 0.5) is 5.69 Å². The Kier molecular flexibility index (Phi) is 2.24. The Balaban J connectivity index is 2.03. The minimum absolute atomic E-state index is 0.441. The number of benzene rings is 1. The van der Waals surface area contributed by atoms with Gasteiger partial charge in [-0.25, -0.2) is 9.97 Å². The van der Waals surface area contributed by atoms with E-state index in [-0.39, 0.29) is 0 Å². The maximum absolute atomic E-state index is 6.21. The number of rotatable bonds is 1. The van der Waals surface area contributed by atoms with Gasteiger partial charge in [-0.05, 0) is 32.0 Å². The zero-order valence-corrected chi connectivity index (χ0v) is 10.3. The van der Waals surface area contributed by atoms with Gasteiger partial charge in [0.15, 0.2) is 0 Å². The molecule has 0 amide bonds. The Morgan fingerprint density at radius 1 is 1.17 bits per heavy atom. The van der Waals surface area contributed by atoms with E-state index in [4.69, 9.17) is 10.5 Å². The number of fused-ring (bicyclic) bond motifs is 1. The molecule has 92 valence electrons. The molecule has 1 aliphatic rings. The van der Waals surface area contributed by atoms with Crippen molar-refractivity contribution in [1.82, 2.24) is 9.97 Å². The van der Waals surface area contributed by atoms with Crippen molar-refractivity contribution in [1.29, 1.82) is 0 Å². The van der Waals surface area contributed by atoms with Gasteiger partial charge >= 0.3 is 0 Å². The van der Waals surface area contributed by atoms with E-state index in [0.29, 0.717) is 11.6 Å². The number of nitrogens with two attached hydrogens (primary N) is 1. The van der Waals surface area contributed by atoms with Gasteiger partial charge < -0.3 is 10.1 Å². The van der Waals surface area contributed by atoms with Crippen molar-refractivity contribution in [2.24, 2.45) is 5.73 Å². The fraction of sp³-hybridized carbons (Fsp3) is 0.231. The zero-order chi connectivity index (χ0) is 12.8. The molecule has 0 fully saturated rings. The number of nitrogens with zero attached hydrogens (tertiary/aromatic N) is 2. The van der Waals surface area contributed by atoms with Crippen LogP contribution >= 0.6 is 0 Å². The van der Waals surface area contributed by atoms with Crippen LogP contribution in [0.25, 0.3) is 0 Å². The minimum atomic E-state index is -1.19. The monoisotopic (exact) mass is 242 g/mol. The molecule has 18 heavy (non-hydrogen) atoms. The van der Waals surface area contributed by atoms with Crippen molar-refractivity contribution in [2.45, 2.75) is 19.7 Å². The number of anilines is 1. The molecule has 0 radical (unpaired) electrons. The first kappa shape index (κ1) is 11.0. The first-order valence-electron chi connectivity index (χ1n) is 5.75. The van der Waals surface area contributed by atoms with E-state index in [9.17, 15) is 0 Å². The topological polar surface area (TPSA) is 73.1 Å². The molecule has 5 nitrogen and oxygen atoms in total. The molecule has 0 spiro atoms. The number of nitrogens with one attached hydrogen (secondary N) is 1. The van der Waals surface area contributed by atoms with E-state index >= 15 is 0 Å². The van der Waals surface area contributed by atoms with Crippen LogP contribution in [0.5, 0.6) is 5.75 Å². The predicted molar refractivity (Wildman–Crippen MR) is 68.1 cm³/mol. The van der Waals surface area contributed by atoms with E-state index in [2.05, 4.69) is 15.3 Å². The van der Waals surface area contributed by atoms with Gasteiger partial charge in [-0.3, -0.25) is 5.73 Å². The standard InChI is InChI=1S/C13H14N4O/c1-8-7-9(2)16-12(15-8)13(14)17-10-5-3-4-6-11(10)18-13/h3-7,17H,14H2,1-2H3. The fourth-order valence-electron chi connectivity index (χ4n) is 2.05. The van der Waals surface area contributed by atoms with Crippen LogP contribution in [-0.2, 0) is 5.85 Å². The van der Waals surface area contributed by atoms with Crippen LogP contribution < -0.4 is 15.8 Å². The minimum Gasteiger partial charge on any atom is -0.446 e. The highest BCUT2D eigenvalue weighted by Gasteiger charge is 2.39. The molecule has 5 heteroatoms. The van der Waals surface area contributed by atoms with Crippen LogP contribution in [0.15, 0.2) is 30.3 Å².